The van der Waals surface area contributed by atoms with Gasteiger partial charge in [0.15, 0.2) is 5.96 Å². The van der Waals surface area contributed by atoms with Crippen LogP contribution >= 0.6 is 11.8 Å². The molecule has 116 valence electrons. The third kappa shape index (κ3) is 5.73. The zero-order chi connectivity index (χ0) is 15.6. The molecule has 2 aromatic rings. The van der Waals surface area contributed by atoms with Crippen molar-refractivity contribution in [2.75, 3.05) is 19.3 Å². The number of halogens is 1. The third-order valence-corrected chi connectivity index (χ3v) is 3.88. The highest BCUT2D eigenvalue weighted by Gasteiger charge is 1.99. The van der Waals surface area contributed by atoms with Crippen molar-refractivity contribution < 1.29 is 4.39 Å². The van der Waals surface area contributed by atoms with Gasteiger partial charge in [-0.05, 0) is 36.4 Å². The molecular weight excluding hydrogens is 299 g/mol. The first-order valence-electron chi connectivity index (χ1n) is 7.01. The fourth-order valence-corrected chi connectivity index (χ4v) is 2.54. The molecule has 22 heavy (non-hydrogen) atoms. The number of aromatic nitrogens is 1. The molecule has 0 aliphatic heterocycles. The van der Waals surface area contributed by atoms with Crippen LogP contribution < -0.4 is 10.6 Å². The van der Waals surface area contributed by atoms with Crippen LogP contribution in [0.2, 0.25) is 0 Å². The van der Waals surface area contributed by atoms with Gasteiger partial charge in [-0.1, -0.05) is 6.07 Å². The van der Waals surface area contributed by atoms with E-state index in [-0.39, 0.29) is 5.82 Å². The lowest BCUT2D eigenvalue weighted by Gasteiger charge is -2.11. The molecule has 6 heteroatoms. The quantitative estimate of drug-likeness (QED) is 0.372. The summed E-state index contributed by atoms with van der Waals surface area (Å²) in [6.07, 6.45) is 1.77. The van der Waals surface area contributed by atoms with E-state index in [1.54, 1.807) is 37.1 Å². The summed E-state index contributed by atoms with van der Waals surface area (Å²) in [4.78, 5) is 9.47. The van der Waals surface area contributed by atoms with Gasteiger partial charge in [0.05, 0.1) is 12.2 Å². The Bertz CT molecular complexity index is 587. The van der Waals surface area contributed by atoms with E-state index in [0.717, 1.165) is 28.8 Å². The van der Waals surface area contributed by atoms with Crippen molar-refractivity contribution in [2.45, 2.75) is 11.4 Å². The van der Waals surface area contributed by atoms with E-state index < -0.39 is 0 Å². The van der Waals surface area contributed by atoms with Gasteiger partial charge in [-0.2, -0.15) is 0 Å². The molecule has 0 amide bonds. The predicted octanol–water partition coefficient (Wildman–Crippen LogP) is 2.68. The Morgan fingerprint density at radius 1 is 1.18 bits per heavy atom. The Labute approximate surface area is 134 Å². The molecule has 0 spiro atoms. The number of hydrogen-bond donors (Lipinski definition) is 2. The maximum atomic E-state index is 12.8. The zero-order valence-corrected chi connectivity index (χ0v) is 13.2. The molecule has 0 aliphatic rings. The minimum absolute atomic E-state index is 0.207. The van der Waals surface area contributed by atoms with Crippen LogP contribution in [0.3, 0.4) is 0 Å². The molecule has 0 radical (unpaired) electrons. The van der Waals surface area contributed by atoms with Crippen LogP contribution in [-0.2, 0) is 6.54 Å². The summed E-state index contributed by atoms with van der Waals surface area (Å²) in [7, 11) is 1.74. The van der Waals surface area contributed by atoms with Crippen molar-refractivity contribution in [1.82, 2.24) is 15.6 Å². The van der Waals surface area contributed by atoms with Gasteiger partial charge in [0.2, 0.25) is 0 Å². The molecule has 1 heterocycles. The van der Waals surface area contributed by atoms with E-state index in [4.69, 9.17) is 0 Å². The number of guanidine groups is 1. The first-order valence-corrected chi connectivity index (χ1v) is 7.99. The standard InChI is InChI=1S/C16H19FN4S/c1-18-16(21-12-14-4-2-3-9-19-14)20-10-11-22-15-7-5-13(17)6-8-15/h2-9H,10-12H2,1H3,(H2,18,20,21). The number of benzene rings is 1. The minimum atomic E-state index is -0.207. The number of hydrogen-bond acceptors (Lipinski definition) is 3. The predicted molar refractivity (Wildman–Crippen MR) is 89.6 cm³/mol. The molecule has 0 aliphatic carbocycles. The number of nitrogens with zero attached hydrogens (tertiary/aromatic N) is 2. The van der Waals surface area contributed by atoms with E-state index in [1.807, 2.05) is 18.2 Å². The Morgan fingerprint density at radius 2 is 2.00 bits per heavy atom. The van der Waals surface area contributed by atoms with E-state index in [2.05, 4.69) is 20.6 Å². The SMILES string of the molecule is CN=C(NCCSc1ccc(F)cc1)NCc1ccccn1. The second kappa shape index (κ2) is 9.04. The summed E-state index contributed by atoms with van der Waals surface area (Å²) in [6.45, 7) is 1.40. The molecule has 0 saturated carbocycles. The topological polar surface area (TPSA) is 49.3 Å². The van der Waals surface area contributed by atoms with Crippen LogP contribution in [0.1, 0.15) is 5.69 Å². The van der Waals surface area contributed by atoms with Crippen molar-refractivity contribution in [1.29, 1.82) is 0 Å². The van der Waals surface area contributed by atoms with Crippen LogP contribution in [0.5, 0.6) is 0 Å². The van der Waals surface area contributed by atoms with Gasteiger partial charge in [-0.25, -0.2) is 4.39 Å². The molecular formula is C16H19FN4S. The summed E-state index contributed by atoms with van der Waals surface area (Å²) in [5, 5.41) is 6.45. The normalized spacial score (nSPS) is 11.3. The second-order valence-corrected chi connectivity index (χ2v) is 5.64. The van der Waals surface area contributed by atoms with Crippen molar-refractivity contribution >= 4 is 17.7 Å². The summed E-state index contributed by atoms with van der Waals surface area (Å²) >= 11 is 1.67. The molecule has 1 aromatic carbocycles. The molecule has 4 nitrogen and oxygen atoms in total. The summed E-state index contributed by atoms with van der Waals surface area (Å²) in [5.41, 5.74) is 0.964. The summed E-state index contributed by atoms with van der Waals surface area (Å²) < 4.78 is 12.8. The maximum Gasteiger partial charge on any atom is 0.191 e. The Morgan fingerprint density at radius 3 is 2.68 bits per heavy atom. The molecule has 2 N–H and O–H groups in total. The minimum Gasteiger partial charge on any atom is -0.356 e. The van der Waals surface area contributed by atoms with Crippen molar-refractivity contribution in [3.8, 4) is 0 Å². The van der Waals surface area contributed by atoms with Gasteiger partial charge in [0.1, 0.15) is 5.82 Å². The molecule has 1 aromatic heterocycles. The van der Waals surface area contributed by atoms with Gasteiger partial charge < -0.3 is 10.6 Å². The van der Waals surface area contributed by atoms with Gasteiger partial charge in [-0.15, -0.1) is 11.8 Å². The Kier molecular flexibility index (Phi) is 6.70. The fraction of sp³-hybridized carbons (Fsp3) is 0.250. The van der Waals surface area contributed by atoms with Crippen LogP contribution in [0, 0.1) is 5.82 Å². The lowest BCUT2D eigenvalue weighted by atomic mass is 10.3. The first-order chi connectivity index (χ1) is 10.8. The average Bonchev–Trinajstić information content (AvgIpc) is 2.57. The molecule has 0 bridgehead atoms. The smallest absolute Gasteiger partial charge is 0.191 e. The Hall–Kier alpha value is -2.08. The lowest BCUT2D eigenvalue weighted by molar-refractivity contribution is 0.626. The van der Waals surface area contributed by atoms with E-state index >= 15 is 0 Å². The van der Waals surface area contributed by atoms with E-state index in [9.17, 15) is 4.39 Å². The highest BCUT2D eigenvalue weighted by Crippen LogP contribution is 2.17. The first kappa shape index (κ1) is 16.3. The van der Waals surface area contributed by atoms with Gasteiger partial charge in [0.25, 0.3) is 0 Å². The fourth-order valence-electron chi connectivity index (χ4n) is 1.77. The Balaban J connectivity index is 1.67. The van der Waals surface area contributed by atoms with Crippen molar-refractivity contribution in [3.63, 3.8) is 0 Å². The highest BCUT2D eigenvalue weighted by molar-refractivity contribution is 7.99. The highest BCUT2D eigenvalue weighted by atomic mass is 32.2. The number of thioether (sulfide) groups is 1. The summed E-state index contributed by atoms with van der Waals surface area (Å²) in [6, 6.07) is 12.3. The number of aliphatic imine (C=N–C) groups is 1. The summed E-state index contributed by atoms with van der Waals surface area (Å²) in [5.74, 6) is 1.41. The molecule has 2 rings (SSSR count). The van der Waals surface area contributed by atoms with Crippen LogP contribution in [0.25, 0.3) is 0 Å². The molecule has 0 saturated heterocycles. The van der Waals surface area contributed by atoms with Crippen LogP contribution in [0.4, 0.5) is 4.39 Å². The lowest BCUT2D eigenvalue weighted by Crippen LogP contribution is -2.38. The van der Waals surface area contributed by atoms with Crippen LogP contribution in [-0.4, -0.2) is 30.3 Å². The molecule has 0 unspecified atom stereocenters. The zero-order valence-electron chi connectivity index (χ0n) is 12.4. The number of nitrogens with one attached hydrogen (secondary N) is 2. The third-order valence-electron chi connectivity index (χ3n) is 2.86. The van der Waals surface area contributed by atoms with Crippen molar-refractivity contribution in [3.05, 3.63) is 60.2 Å². The van der Waals surface area contributed by atoms with Crippen LogP contribution in [0.15, 0.2) is 58.5 Å². The van der Waals surface area contributed by atoms with Gasteiger partial charge >= 0.3 is 0 Å². The number of rotatable bonds is 6. The van der Waals surface area contributed by atoms with E-state index in [1.165, 1.54) is 12.1 Å². The molecule has 0 fully saturated rings. The maximum absolute atomic E-state index is 12.8. The molecule has 0 atom stereocenters. The largest absolute Gasteiger partial charge is 0.356 e. The average molecular weight is 318 g/mol. The van der Waals surface area contributed by atoms with Crippen molar-refractivity contribution in [2.24, 2.45) is 4.99 Å². The van der Waals surface area contributed by atoms with Gasteiger partial charge in [-0.3, -0.25) is 9.98 Å². The monoisotopic (exact) mass is 318 g/mol. The second-order valence-electron chi connectivity index (χ2n) is 4.48. The van der Waals surface area contributed by atoms with E-state index in [0.29, 0.717) is 6.54 Å². The van der Waals surface area contributed by atoms with Gasteiger partial charge in [0, 0.05) is 30.4 Å². The number of pyridine rings is 1.